The highest BCUT2D eigenvalue weighted by Gasteiger charge is 2.15. The Hall–Kier alpha value is -0.930. The number of rotatable bonds is 2. The molecule has 0 atom stereocenters. The van der Waals surface area contributed by atoms with Crippen LogP contribution < -0.4 is 0 Å². The van der Waals surface area contributed by atoms with E-state index >= 15 is 0 Å². The van der Waals surface area contributed by atoms with E-state index in [0.717, 1.165) is 21.3 Å². The van der Waals surface area contributed by atoms with Gasteiger partial charge in [0.25, 0.3) is 0 Å². The minimum Gasteiger partial charge on any atom is -0.233 e. The smallest absolute Gasteiger partial charge is 0.162 e. The second-order valence-electron chi connectivity index (χ2n) is 4.47. The monoisotopic (exact) mass is 324 g/mol. The van der Waals surface area contributed by atoms with Gasteiger partial charge >= 0.3 is 0 Å². The van der Waals surface area contributed by atoms with Crippen LogP contribution in [0.25, 0.3) is 11.4 Å². The van der Waals surface area contributed by atoms with Crippen molar-refractivity contribution in [3.05, 3.63) is 45.1 Å². The molecular formula is C14H14BrClN2. The number of nitrogens with zero attached hydrogens (tertiary/aromatic N) is 2. The van der Waals surface area contributed by atoms with Gasteiger partial charge in [0, 0.05) is 21.3 Å². The van der Waals surface area contributed by atoms with E-state index in [1.807, 2.05) is 31.2 Å². The summed E-state index contributed by atoms with van der Waals surface area (Å²) in [4.78, 5) is 8.97. The highest BCUT2D eigenvalue weighted by Crippen LogP contribution is 2.30. The summed E-state index contributed by atoms with van der Waals surface area (Å²) in [7, 11) is 0. The topological polar surface area (TPSA) is 25.8 Å². The Kier molecular flexibility index (Phi) is 4.03. The summed E-state index contributed by atoms with van der Waals surface area (Å²) in [6.45, 7) is 6.16. The fourth-order valence-electron chi connectivity index (χ4n) is 1.97. The van der Waals surface area contributed by atoms with Crippen LogP contribution in [0.3, 0.4) is 0 Å². The maximum absolute atomic E-state index is 6.27. The van der Waals surface area contributed by atoms with Gasteiger partial charge in [0.05, 0.1) is 0 Å². The zero-order valence-corrected chi connectivity index (χ0v) is 12.9. The first-order chi connectivity index (χ1) is 8.50. The molecule has 2 rings (SSSR count). The van der Waals surface area contributed by atoms with Gasteiger partial charge in [0.15, 0.2) is 5.82 Å². The number of aryl methyl sites for hydroxylation is 1. The van der Waals surface area contributed by atoms with Crippen molar-refractivity contribution in [1.82, 2.24) is 9.97 Å². The molecule has 1 heterocycles. The van der Waals surface area contributed by atoms with Crippen LogP contribution >= 0.6 is 27.5 Å². The average Bonchev–Trinajstić information content (AvgIpc) is 2.27. The molecule has 0 radical (unpaired) electrons. The number of hydrogen-bond donors (Lipinski definition) is 0. The van der Waals surface area contributed by atoms with E-state index in [1.165, 1.54) is 0 Å². The number of aromatic nitrogens is 2. The zero-order chi connectivity index (χ0) is 13.3. The largest absolute Gasteiger partial charge is 0.233 e. The molecule has 18 heavy (non-hydrogen) atoms. The van der Waals surface area contributed by atoms with Crippen LogP contribution in [0, 0.1) is 6.92 Å². The van der Waals surface area contributed by atoms with E-state index in [0.29, 0.717) is 16.9 Å². The molecule has 0 spiro atoms. The van der Waals surface area contributed by atoms with Crippen molar-refractivity contribution in [2.75, 3.05) is 0 Å². The molecule has 0 saturated carbocycles. The summed E-state index contributed by atoms with van der Waals surface area (Å²) in [6.07, 6.45) is 0. The van der Waals surface area contributed by atoms with Crippen LogP contribution in [0.4, 0.5) is 0 Å². The molecule has 0 amide bonds. The van der Waals surface area contributed by atoms with Crippen LogP contribution in [0.1, 0.15) is 31.0 Å². The molecule has 0 aliphatic heterocycles. The highest BCUT2D eigenvalue weighted by atomic mass is 79.9. The van der Waals surface area contributed by atoms with Gasteiger partial charge in [-0.15, -0.1) is 0 Å². The van der Waals surface area contributed by atoms with Crippen molar-refractivity contribution in [3.8, 4) is 11.4 Å². The highest BCUT2D eigenvalue weighted by molar-refractivity contribution is 9.10. The second kappa shape index (κ2) is 5.37. The normalized spacial score (nSPS) is 11.0. The van der Waals surface area contributed by atoms with Crippen LogP contribution in [0.5, 0.6) is 0 Å². The Morgan fingerprint density at radius 3 is 2.39 bits per heavy atom. The summed E-state index contributed by atoms with van der Waals surface area (Å²) in [5.41, 5.74) is 2.92. The first-order valence-electron chi connectivity index (χ1n) is 5.79. The maximum atomic E-state index is 6.27. The van der Waals surface area contributed by atoms with Crippen molar-refractivity contribution in [3.63, 3.8) is 0 Å². The fourth-order valence-corrected chi connectivity index (χ4v) is 2.86. The van der Waals surface area contributed by atoms with E-state index < -0.39 is 0 Å². The molecule has 0 saturated heterocycles. The zero-order valence-electron chi connectivity index (χ0n) is 10.5. The van der Waals surface area contributed by atoms with E-state index in [4.69, 9.17) is 11.6 Å². The molecule has 1 aromatic carbocycles. The van der Waals surface area contributed by atoms with Gasteiger partial charge in [-0.3, -0.25) is 0 Å². The molecule has 1 aromatic heterocycles. The van der Waals surface area contributed by atoms with Crippen LogP contribution in [-0.2, 0) is 0 Å². The summed E-state index contributed by atoms with van der Waals surface area (Å²) in [5, 5.41) is 0.545. The van der Waals surface area contributed by atoms with Gasteiger partial charge in [-0.05, 0) is 18.9 Å². The van der Waals surface area contributed by atoms with Gasteiger partial charge in [-0.2, -0.15) is 0 Å². The Morgan fingerprint density at radius 2 is 1.83 bits per heavy atom. The molecule has 0 aliphatic rings. The van der Waals surface area contributed by atoms with Crippen molar-refractivity contribution in [2.45, 2.75) is 26.7 Å². The Balaban J connectivity index is 2.59. The average molecular weight is 326 g/mol. The molecule has 4 heteroatoms. The van der Waals surface area contributed by atoms with Crippen LogP contribution in [0.15, 0.2) is 28.7 Å². The quantitative estimate of drug-likeness (QED) is 0.727. The predicted octanol–water partition coefficient (Wildman–Crippen LogP) is 4.99. The van der Waals surface area contributed by atoms with E-state index in [1.54, 1.807) is 0 Å². The lowest BCUT2D eigenvalue weighted by Crippen LogP contribution is -2.02. The predicted molar refractivity (Wildman–Crippen MR) is 79.0 cm³/mol. The Bertz CT molecular complexity index is 559. The van der Waals surface area contributed by atoms with Crippen LogP contribution in [-0.4, -0.2) is 9.97 Å². The molecule has 2 aromatic rings. The van der Waals surface area contributed by atoms with Gasteiger partial charge in [-0.25, -0.2) is 9.97 Å². The molecular weight excluding hydrogens is 312 g/mol. The lowest BCUT2D eigenvalue weighted by molar-refractivity contribution is 0.831. The van der Waals surface area contributed by atoms with Gasteiger partial charge < -0.3 is 0 Å². The molecule has 0 aliphatic carbocycles. The van der Waals surface area contributed by atoms with Gasteiger partial charge in [0.1, 0.15) is 5.15 Å². The maximum Gasteiger partial charge on any atom is 0.162 e. The third-order valence-corrected chi connectivity index (χ3v) is 3.76. The van der Waals surface area contributed by atoms with E-state index in [-0.39, 0.29) is 0 Å². The molecule has 0 N–H and O–H groups in total. The Labute approximate surface area is 121 Å². The third kappa shape index (κ3) is 2.57. The van der Waals surface area contributed by atoms with Gasteiger partial charge in [-0.1, -0.05) is 59.6 Å². The van der Waals surface area contributed by atoms with Crippen molar-refractivity contribution in [2.24, 2.45) is 0 Å². The summed E-state index contributed by atoms with van der Waals surface area (Å²) in [6, 6.07) is 7.87. The molecule has 0 fully saturated rings. The van der Waals surface area contributed by atoms with Crippen molar-refractivity contribution >= 4 is 27.5 Å². The lowest BCUT2D eigenvalue weighted by Gasteiger charge is -2.12. The molecule has 0 bridgehead atoms. The third-order valence-electron chi connectivity index (χ3n) is 2.78. The molecule has 0 unspecified atom stereocenters. The second-order valence-corrected chi connectivity index (χ2v) is 5.68. The number of halogens is 2. The Morgan fingerprint density at radius 1 is 1.17 bits per heavy atom. The number of hydrogen-bond acceptors (Lipinski definition) is 2. The first-order valence-corrected chi connectivity index (χ1v) is 6.96. The standard InChI is InChI=1S/C14H14BrClN2/c1-8(2)12-9(3)17-14(18-13(12)16)10-6-4-5-7-11(10)15/h4-8H,1-3H3. The first kappa shape index (κ1) is 13.5. The van der Waals surface area contributed by atoms with E-state index in [9.17, 15) is 0 Å². The minimum absolute atomic E-state index is 0.325. The van der Waals surface area contributed by atoms with Crippen molar-refractivity contribution < 1.29 is 0 Å². The fraction of sp³-hybridized carbons (Fsp3) is 0.286. The van der Waals surface area contributed by atoms with Gasteiger partial charge in [0.2, 0.25) is 0 Å². The van der Waals surface area contributed by atoms with Crippen LogP contribution in [0.2, 0.25) is 5.15 Å². The molecule has 2 nitrogen and oxygen atoms in total. The minimum atomic E-state index is 0.325. The SMILES string of the molecule is Cc1nc(-c2ccccc2Br)nc(Cl)c1C(C)C. The van der Waals surface area contributed by atoms with Crippen molar-refractivity contribution in [1.29, 1.82) is 0 Å². The summed E-state index contributed by atoms with van der Waals surface area (Å²) in [5.74, 6) is 0.986. The van der Waals surface area contributed by atoms with E-state index in [2.05, 4.69) is 39.7 Å². The summed E-state index contributed by atoms with van der Waals surface area (Å²) < 4.78 is 0.970. The number of benzene rings is 1. The molecule has 94 valence electrons. The lowest BCUT2D eigenvalue weighted by atomic mass is 10.0. The summed E-state index contributed by atoms with van der Waals surface area (Å²) >= 11 is 9.77.